The Balaban J connectivity index is 1.06. The second-order valence-electron chi connectivity index (χ2n) is 15.9. The molecule has 2 heteroatoms. The summed E-state index contributed by atoms with van der Waals surface area (Å²) in [6, 6.07) is 70.9. The minimum absolute atomic E-state index is 0.149. The molecular weight excluding hydrogens is 713 g/mol. The minimum atomic E-state index is -0.149. The molecule has 0 aliphatic heterocycles. The molecule has 0 amide bonds. The standard InChI is InChI=1S/C57H42N2/c1-57(2)52-34-32-39-19-9-10-26-47(39)55(52)51-30-16-29-48(56(51)57)42-23-15-22-41(35-42)46-33-31-43(45-25-11-13-27-49(45)46)37-59-54(36-53(58)40-20-7-4-8-21-40)50-28-14-12-24-44(50)38-17-5-3-6-18-38/h3-37,58H,1-2H3/b54-36-,58-53?,59-37?. The third-order valence-corrected chi connectivity index (χ3v) is 12.0. The zero-order chi connectivity index (χ0) is 39.9. The van der Waals surface area contributed by atoms with E-state index in [9.17, 15) is 0 Å². The van der Waals surface area contributed by atoms with Gasteiger partial charge in [0.1, 0.15) is 0 Å². The van der Waals surface area contributed by atoms with E-state index in [-0.39, 0.29) is 5.41 Å². The van der Waals surface area contributed by atoms with Gasteiger partial charge < -0.3 is 5.41 Å². The summed E-state index contributed by atoms with van der Waals surface area (Å²) < 4.78 is 0. The highest BCUT2D eigenvalue weighted by molar-refractivity contribution is 6.12. The highest BCUT2D eigenvalue weighted by Crippen LogP contribution is 2.54. The van der Waals surface area contributed by atoms with Gasteiger partial charge in [0.05, 0.1) is 11.4 Å². The van der Waals surface area contributed by atoms with Gasteiger partial charge in [0.2, 0.25) is 0 Å². The molecule has 9 aromatic carbocycles. The topological polar surface area (TPSA) is 36.2 Å². The molecule has 2 nitrogen and oxygen atoms in total. The van der Waals surface area contributed by atoms with E-state index < -0.39 is 0 Å². The van der Waals surface area contributed by atoms with E-state index in [1.54, 1.807) is 0 Å². The number of hydrogen-bond acceptors (Lipinski definition) is 2. The van der Waals surface area contributed by atoms with Gasteiger partial charge in [-0.25, -0.2) is 0 Å². The summed E-state index contributed by atoms with van der Waals surface area (Å²) in [5.74, 6) is 0. The van der Waals surface area contributed by atoms with Gasteiger partial charge in [0, 0.05) is 22.8 Å². The SMILES string of the molecule is CC1(C)c2ccc3ccccc3c2-c2cccc(-c3cccc(-c4ccc(C=N/C(=C\C(=N)c5ccccc5)c5ccccc5-c5ccccc5)c5ccccc45)c3)c21. The Kier molecular flexibility index (Phi) is 9.03. The van der Waals surface area contributed by atoms with E-state index in [2.05, 4.69) is 172 Å². The fraction of sp³-hybridized carbons (Fsp3) is 0.0526. The Morgan fingerprint density at radius 2 is 1.10 bits per heavy atom. The molecule has 0 saturated heterocycles. The first-order chi connectivity index (χ1) is 29.0. The average Bonchev–Trinajstić information content (AvgIpc) is 3.54. The smallest absolute Gasteiger partial charge is 0.0729 e. The van der Waals surface area contributed by atoms with E-state index in [1.165, 1.54) is 60.7 Å². The summed E-state index contributed by atoms with van der Waals surface area (Å²) in [6.07, 6.45) is 3.85. The molecule has 1 N–H and O–H groups in total. The first kappa shape index (κ1) is 36.0. The third kappa shape index (κ3) is 6.40. The number of nitrogens with one attached hydrogen (secondary N) is 1. The van der Waals surface area contributed by atoms with Crippen molar-refractivity contribution in [2.75, 3.05) is 0 Å². The van der Waals surface area contributed by atoms with Crippen LogP contribution in [0.5, 0.6) is 0 Å². The molecule has 1 aliphatic rings. The number of fused-ring (bicyclic) bond motifs is 6. The molecule has 0 saturated carbocycles. The molecule has 9 aromatic rings. The van der Waals surface area contributed by atoms with Gasteiger partial charge in [-0.1, -0.05) is 208 Å². The Morgan fingerprint density at radius 3 is 1.92 bits per heavy atom. The lowest BCUT2D eigenvalue weighted by atomic mass is 9.78. The third-order valence-electron chi connectivity index (χ3n) is 12.0. The molecule has 10 rings (SSSR count). The predicted octanol–water partition coefficient (Wildman–Crippen LogP) is 14.8. The van der Waals surface area contributed by atoms with E-state index in [0.717, 1.165) is 38.9 Å². The summed E-state index contributed by atoms with van der Waals surface area (Å²) in [7, 11) is 0. The summed E-state index contributed by atoms with van der Waals surface area (Å²) in [4.78, 5) is 5.20. The molecule has 0 unspecified atom stereocenters. The quantitative estimate of drug-likeness (QED) is 0.150. The molecule has 1 aliphatic carbocycles. The number of hydrogen-bond donors (Lipinski definition) is 1. The first-order valence-electron chi connectivity index (χ1n) is 20.3. The minimum Gasteiger partial charge on any atom is -0.300 e. The monoisotopic (exact) mass is 754 g/mol. The van der Waals surface area contributed by atoms with Crippen LogP contribution in [0.2, 0.25) is 0 Å². The van der Waals surface area contributed by atoms with Gasteiger partial charge in [0.15, 0.2) is 0 Å². The molecule has 0 bridgehead atoms. The van der Waals surface area contributed by atoms with Crippen LogP contribution < -0.4 is 0 Å². The average molecular weight is 755 g/mol. The number of nitrogens with zero attached hydrogens (tertiary/aromatic N) is 1. The molecule has 59 heavy (non-hydrogen) atoms. The maximum absolute atomic E-state index is 9.08. The second kappa shape index (κ2) is 14.8. The summed E-state index contributed by atoms with van der Waals surface area (Å²) in [5.41, 5.74) is 16.3. The largest absolute Gasteiger partial charge is 0.300 e. The van der Waals surface area contributed by atoms with Gasteiger partial charge in [-0.05, 0) is 94.9 Å². The second-order valence-corrected chi connectivity index (χ2v) is 15.9. The molecular formula is C57H42N2. The number of aliphatic imine (C=N–C) groups is 1. The van der Waals surface area contributed by atoms with Crippen molar-refractivity contribution in [3.8, 4) is 44.5 Å². The van der Waals surface area contributed by atoms with Crippen LogP contribution in [0.15, 0.2) is 211 Å². The summed E-state index contributed by atoms with van der Waals surface area (Å²) in [6.45, 7) is 4.75. The van der Waals surface area contributed by atoms with Crippen LogP contribution in [-0.2, 0) is 5.41 Å². The lowest BCUT2D eigenvalue weighted by Crippen LogP contribution is -2.16. The fourth-order valence-electron chi connectivity index (χ4n) is 9.17. The van der Waals surface area contributed by atoms with Crippen LogP contribution in [0.4, 0.5) is 0 Å². The lowest BCUT2D eigenvalue weighted by molar-refractivity contribution is 0.662. The highest BCUT2D eigenvalue weighted by Gasteiger charge is 2.38. The van der Waals surface area contributed by atoms with Crippen LogP contribution in [0, 0.1) is 5.41 Å². The van der Waals surface area contributed by atoms with E-state index in [0.29, 0.717) is 5.71 Å². The Hall–Kier alpha value is -7.42. The molecule has 0 atom stereocenters. The van der Waals surface area contributed by atoms with Crippen LogP contribution >= 0.6 is 0 Å². The van der Waals surface area contributed by atoms with Crippen molar-refractivity contribution in [1.82, 2.24) is 0 Å². The molecule has 0 heterocycles. The maximum atomic E-state index is 9.08. The number of rotatable bonds is 8. The van der Waals surface area contributed by atoms with Gasteiger partial charge in [0.25, 0.3) is 0 Å². The predicted molar refractivity (Wildman–Crippen MR) is 251 cm³/mol. The van der Waals surface area contributed by atoms with Crippen molar-refractivity contribution in [3.05, 3.63) is 234 Å². The lowest BCUT2D eigenvalue weighted by Gasteiger charge is -2.25. The van der Waals surface area contributed by atoms with E-state index in [1.807, 2.05) is 54.8 Å². The van der Waals surface area contributed by atoms with Gasteiger partial charge in [-0.15, -0.1) is 0 Å². The molecule has 0 fully saturated rings. The zero-order valence-electron chi connectivity index (χ0n) is 33.2. The van der Waals surface area contributed by atoms with Crippen LogP contribution in [0.3, 0.4) is 0 Å². The number of allylic oxidation sites excluding steroid dienone is 1. The maximum Gasteiger partial charge on any atom is 0.0729 e. The van der Waals surface area contributed by atoms with Crippen molar-refractivity contribution in [2.24, 2.45) is 4.99 Å². The Bertz CT molecular complexity index is 3130. The van der Waals surface area contributed by atoms with Crippen LogP contribution in [-0.4, -0.2) is 11.9 Å². The Morgan fingerprint density at radius 1 is 0.492 bits per heavy atom. The normalized spacial score (nSPS) is 13.2. The number of benzene rings is 9. The van der Waals surface area contributed by atoms with E-state index >= 15 is 0 Å². The molecule has 0 spiro atoms. The highest BCUT2D eigenvalue weighted by atomic mass is 14.7. The summed E-state index contributed by atoms with van der Waals surface area (Å²) >= 11 is 0. The van der Waals surface area contributed by atoms with Crippen molar-refractivity contribution >= 4 is 39.2 Å². The Labute approximate surface area is 346 Å². The van der Waals surface area contributed by atoms with Crippen molar-refractivity contribution in [3.63, 3.8) is 0 Å². The van der Waals surface area contributed by atoms with Crippen molar-refractivity contribution in [1.29, 1.82) is 5.41 Å². The van der Waals surface area contributed by atoms with Gasteiger partial charge in [-0.2, -0.15) is 0 Å². The first-order valence-corrected chi connectivity index (χ1v) is 20.3. The molecule has 280 valence electrons. The van der Waals surface area contributed by atoms with Crippen LogP contribution in [0.1, 0.15) is 41.7 Å². The van der Waals surface area contributed by atoms with Crippen molar-refractivity contribution in [2.45, 2.75) is 19.3 Å². The van der Waals surface area contributed by atoms with Gasteiger partial charge in [-0.3, -0.25) is 4.99 Å². The zero-order valence-corrected chi connectivity index (χ0v) is 33.2. The van der Waals surface area contributed by atoms with Crippen LogP contribution in [0.25, 0.3) is 71.7 Å². The van der Waals surface area contributed by atoms with E-state index in [4.69, 9.17) is 10.4 Å². The molecule has 0 aromatic heterocycles. The molecule has 0 radical (unpaired) electrons. The fourth-order valence-corrected chi connectivity index (χ4v) is 9.17. The summed E-state index contributed by atoms with van der Waals surface area (Å²) in [5, 5.41) is 14.0. The van der Waals surface area contributed by atoms with Crippen molar-refractivity contribution < 1.29 is 0 Å². The van der Waals surface area contributed by atoms with Gasteiger partial charge >= 0.3 is 0 Å².